The average molecular weight is 327 g/mol. The Hall–Kier alpha value is -0.613. The summed E-state index contributed by atoms with van der Waals surface area (Å²) in [4.78, 5) is 12.5. The van der Waals surface area contributed by atoms with Crippen LogP contribution >= 0.6 is 0 Å². The van der Waals surface area contributed by atoms with Gasteiger partial charge in [-0.25, -0.2) is 4.79 Å². The van der Waals surface area contributed by atoms with Gasteiger partial charge in [0.15, 0.2) is 0 Å². The van der Waals surface area contributed by atoms with Crippen LogP contribution in [-0.2, 0) is 14.3 Å². The lowest BCUT2D eigenvalue weighted by Gasteiger charge is -2.41. The van der Waals surface area contributed by atoms with Crippen LogP contribution < -0.4 is 0 Å². The second-order valence-corrected chi connectivity index (χ2v) is 13.0. The summed E-state index contributed by atoms with van der Waals surface area (Å²) < 4.78 is 11.2. The Kier molecular flexibility index (Phi) is 7.33. The SMILES string of the molecule is CCOC(=O)/C(=C\[Si](C(C)C)(C(C)C)C(C)C)C1CCCO1. The fraction of sp³-hybridized carbons (Fsp3) is 0.833. The third-order valence-electron chi connectivity index (χ3n) is 5.19. The van der Waals surface area contributed by atoms with Gasteiger partial charge in [0.2, 0.25) is 0 Å². The highest BCUT2D eigenvalue weighted by atomic mass is 28.3. The van der Waals surface area contributed by atoms with Crippen molar-refractivity contribution in [2.75, 3.05) is 13.2 Å². The third-order valence-corrected chi connectivity index (χ3v) is 12.0. The predicted molar refractivity (Wildman–Crippen MR) is 94.7 cm³/mol. The molecule has 0 bridgehead atoms. The van der Waals surface area contributed by atoms with Gasteiger partial charge in [-0.2, -0.15) is 0 Å². The van der Waals surface area contributed by atoms with E-state index < -0.39 is 8.07 Å². The van der Waals surface area contributed by atoms with Crippen LogP contribution in [0.2, 0.25) is 16.6 Å². The molecular formula is C18H34O3Si. The van der Waals surface area contributed by atoms with E-state index in [-0.39, 0.29) is 12.1 Å². The maximum atomic E-state index is 12.5. The topological polar surface area (TPSA) is 35.5 Å². The zero-order valence-electron chi connectivity index (χ0n) is 15.4. The molecule has 0 amide bonds. The van der Waals surface area contributed by atoms with Crippen LogP contribution in [0.5, 0.6) is 0 Å². The molecule has 1 unspecified atom stereocenters. The summed E-state index contributed by atoms with van der Waals surface area (Å²) >= 11 is 0. The maximum absolute atomic E-state index is 12.5. The van der Waals surface area contributed by atoms with Crippen LogP contribution in [0.4, 0.5) is 0 Å². The summed E-state index contributed by atoms with van der Waals surface area (Å²) in [6.45, 7) is 16.9. The smallest absolute Gasteiger partial charge is 0.335 e. The van der Waals surface area contributed by atoms with E-state index in [4.69, 9.17) is 9.47 Å². The zero-order chi connectivity index (χ0) is 16.9. The van der Waals surface area contributed by atoms with Crippen LogP contribution in [0.15, 0.2) is 11.3 Å². The van der Waals surface area contributed by atoms with Gasteiger partial charge in [-0.05, 0) is 36.4 Å². The third kappa shape index (κ3) is 4.02. The summed E-state index contributed by atoms with van der Waals surface area (Å²) in [7, 11) is -1.79. The molecule has 0 aromatic rings. The average Bonchev–Trinajstić information content (AvgIpc) is 2.92. The number of rotatable bonds is 7. The van der Waals surface area contributed by atoms with Crippen molar-refractivity contribution in [2.24, 2.45) is 0 Å². The number of hydrogen-bond donors (Lipinski definition) is 0. The normalized spacial score (nSPS) is 20.3. The monoisotopic (exact) mass is 326 g/mol. The molecule has 0 radical (unpaired) electrons. The number of ether oxygens (including phenoxy) is 2. The standard InChI is InChI=1S/C18H34O3Si/c1-8-20-18(19)16(17-10-9-11-21-17)12-22(13(2)3,14(4)5)15(6)7/h12-15,17H,8-11H2,1-7H3/b16-12-. The van der Waals surface area contributed by atoms with Gasteiger partial charge in [0.05, 0.1) is 26.4 Å². The Labute approximate surface area is 137 Å². The van der Waals surface area contributed by atoms with E-state index >= 15 is 0 Å². The summed E-state index contributed by atoms with van der Waals surface area (Å²) in [5.41, 5.74) is 4.87. The van der Waals surface area contributed by atoms with Gasteiger partial charge in [-0.1, -0.05) is 47.2 Å². The minimum atomic E-state index is -1.79. The van der Waals surface area contributed by atoms with Gasteiger partial charge in [0, 0.05) is 6.61 Å². The Balaban J connectivity index is 3.33. The van der Waals surface area contributed by atoms with Crippen molar-refractivity contribution in [1.82, 2.24) is 0 Å². The first-order chi connectivity index (χ1) is 10.3. The first kappa shape index (κ1) is 19.4. The fourth-order valence-corrected chi connectivity index (χ4v) is 9.93. The molecule has 4 heteroatoms. The van der Waals surface area contributed by atoms with Crippen LogP contribution in [-0.4, -0.2) is 33.4 Å². The Morgan fingerprint density at radius 3 is 2.09 bits per heavy atom. The number of esters is 1. The molecule has 1 atom stereocenters. The Bertz CT molecular complexity index is 371. The van der Waals surface area contributed by atoms with Gasteiger partial charge in [0.1, 0.15) is 0 Å². The summed E-state index contributed by atoms with van der Waals surface area (Å²) in [6.07, 6.45) is 1.90. The van der Waals surface area contributed by atoms with E-state index in [0.29, 0.717) is 23.2 Å². The van der Waals surface area contributed by atoms with Gasteiger partial charge in [-0.15, -0.1) is 0 Å². The highest BCUT2D eigenvalue weighted by Crippen LogP contribution is 2.43. The molecule has 1 aliphatic rings. The second-order valence-electron chi connectivity index (χ2n) is 7.29. The van der Waals surface area contributed by atoms with E-state index in [2.05, 4.69) is 47.2 Å². The Morgan fingerprint density at radius 2 is 1.73 bits per heavy atom. The van der Waals surface area contributed by atoms with Gasteiger partial charge < -0.3 is 9.47 Å². The zero-order valence-corrected chi connectivity index (χ0v) is 16.4. The number of carbonyl (C=O) groups excluding carboxylic acids is 1. The van der Waals surface area contributed by atoms with Crippen LogP contribution in [0, 0.1) is 0 Å². The number of hydrogen-bond acceptors (Lipinski definition) is 3. The molecule has 1 aliphatic heterocycles. The van der Waals surface area contributed by atoms with Gasteiger partial charge in [-0.3, -0.25) is 0 Å². The van der Waals surface area contributed by atoms with Gasteiger partial charge in [0.25, 0.3) is 0 Å². The van der Waals surface area contributed by atoms with E-state index in [1.54, 1.807) is 0 Å². The molecule has 128 valence electrons. The van der Waals surface area contributed by atoms with E-state index in [1.165, 1.54) is 0 Å². The molecule has 0 aromatic heterocycles. The Morgan fingerprint density at radius 1 is 1.18 bits per heavy atom. The van der Waals surface area contributed by atoms with E-state index in [0.717, 1.165) is 25.0 Å². The highest BCUT2D eigenvalue weighted by molar-refractivity contribution is 6.88. The molecule has 0 N–H and O–H groups in total. The molecule has 22 heavy (non-hydrogen) atoms. The van der Waals surface area contributed by atoms with Crippen molar-refractivity contribution in [2.45, 2.75) is 84.0 Å². The molecule has 3 nitrogen and oxygen atoms in total. The lowest BCUT2D eigenvalue weighted by molar-refractivity contribution is -0.139. The number of carbonyl (C=O) groups is 1. The minimum Gasteiger partial charge on any atom is -0.463 e. The lowest BCUT2D eigenvalue weighted by atomic mass is 10.1. The van der Waals surface area contributed by atoms with Crippen molar-refractivity contribution >= 4 is 14.0 Å². The molecule has 1 saturated heterocycles. The van der Waals surface area contributed by atoms with Crippen molar-refractivity contribution < 1.29 is 14.3 Å². The fourth-order valence-electron chi connectivity index (χ4n) is 4.09. The van der Waals surface area contributed by atoms with Crippen LogP contribution in [0.25, 0.3) is 0 Å². The first-order valence-electron chi connectivity index (χ1n) is 8.78. The molecule has 0 saturated carbocycles. The predicted octanol–water partition coefficient (Wildman–Crippen LogP) is 4.87. The molecule has 0 aromatic carbocycles. The van der Waals surface area contributed by atoms with Crippen molar-refractivity contribution in [3.63, 3.8) is 0 Å². The molecular weight excluding hydrogens is 292 g/mol. The summed E-state index contributed by atoms with van der Waals surface area (Å²) in [5, 5.41) is 0. The van der Waals surface area contributed by atoms with E-state index in [9.17, 15) is 4.79 Å². The minimum absolute atomic E-state index is 0.0674. The molecule has 1 heterocycles. The summed E-state index contributed by atoms with van der Waals surface area (Å²) in [5.74, 6) is -0.173. The maximum Gasteiger partial charge on any atom is 0.335 e. The van der Waals surface area contributed by atoms with Gasteiger partial charge >= 0.3 is 5.97 Å². The van der Waals surface area contributed by atoms with Crippen molar-refractivity contribution in [3.8, 4) is 0 Å². The van der Waals surface area contributed by atoms with Crippen molar-refractivity contribution in [3.05, 3.63) is 11.3 Å². The van der Waals surface area contributed by atoms with Crippen LogP contribution in [0.1, 0.15) is 61.3 Å². The van der Waals surface area contributed by atoms with Crippen LogP contribution in [0.3, 0.4) is 0 Å². The molecule has 1 fully saturated rings. The molecule has 0 spiro atoms. The molecule has 0 aliphatic carbocycles. The largest absolute Gasteiger partial charge is 0.463 e. The van der Waals surface area contributed by atoms with E-state index in [1.807, 2.05) is 6.92 Å². The molecule has 1 rings (SSSR count). The lowest BCUT2D eigenvalue weighted by Crippen LogP contribution is -2.44. The quantitative estimate of drug-likeness (QED) is 0.380. The van der Waals surface area contributed by atoms with Crippen molar-refractivity contribution in [1.29, 1.82) is 0 Å². The summed E-state index contributed by atoms with van der Waals surface area (Å²) in [6, 6.07) is 0. The first-order valence-corrected chi connectivity index (χ1v) is 11.1. The second kappa shape index (κ2) is 8.30. The highest BCUT2D eigenvalue weighted by Gasteiger charge is 2.43.